The molecule has 1 amide bonds. The molecule has 0 spiro atoms. The molecule has 5 nitrogen and oxygen atoms in total. The zero-order chi connectivity index (χ0) is 21.3. The summed E-state index contributed by atoms with van der Waals surface area (Å²) in [5.74, 6) is -0.472. The monoisotopic (exact) mass is 427 g/mol. The van der Waals surface area contributed by atoms with Crippen molar-refractivity contribution in [3.63, 3.8) is 0 Å². The third kappa shape index (κ3) is 4.19. The number of H-pyrrole nitrogens is 1. The van der Waals surface area contributed by atoms with Gasteiger partial charge >= 0.3 is 0 Å². The lowest BCUT2D eigenvalue weighted by Crippen LogP contribution is -2.48. The Morgan fingerprint density at radius 1 is 1.10 bits per heavy atom. The van der Waals surface area contributed by atoms with Gasteiger partial charge in [0.05, 0.1) is 5.39 Å². The number of carbonyl (C=O) groups is 1. The number of fused-ring (bicyclic) bond motifs is 1. The number of nitrogens with one attached hydrogen (secondary N) is 1. The van der Waals surface area contributed by atoms with E-state index in [9.17, 15) is 14.0 Å². The van der Waals surface area contributed by atoms with E-state index in [-0.39, 0.29) is 11.3 Å². The highest BCUT2D eigenvalue weighted by atomic mass is 35.5. The molecule has 7 heteroatoms. The average molecular weight is 428 g/mol. The zero-order valence-electron chi connectivity index (χ0n) is 16.8. The number of aromatic nitrogens is 1. The van der Waals surface area contributed by atoms with Crippen LogP contribution in [-0.2, 0) is 11.2 Å². The quantitative estimate of drug-likeness (QED) is 0.686. The molecule has 0 unspecified atom stereocenters. The lowest BCUT2D eigenvalue weighted by molar-refractivity contribution is -0.131. The zero-order valence-corrected chi connectivity index (χ0v) is 17.5. The maximum absolute atomic E-state index is 14.0. The first-order valence-corrected chi connectivity index (χ1v) is 10.4. The van der Waals surface area contributed by atoms with Gasteiger partial charge in [0.1, 0.15) is 5.82 Å². The van der Waals surface area contributed by atoms with Crippen LogP contribution < -0.4 is 10.5 Å². The number of nitrogens with zero attached hydrogens (tertiary/aromatic N) is 2. The summed E-state index contributed by atoms with van der Waals surface area (Å²) in [6.45, 7) is 4.67. The summed E-state index contributed by atoms with van der Waals surface area (Å²) in [5, 5.41) is 1.37. The molecule has 1 N–H and O–H groups in total. The number of amides is 1. The second-order valence-electron chi connectivity index (χ2n) is 7.62. The second-order valence-corrected chi connectivity index (χ2v) is 8.06. The molecule has 30 heavy (non-hydrogen) atoms. The molecule has 2 aromatic carbocycles. The molecule has 156 valence electrons. The van der Waals surface area contributed by atoms with Crippen LogP contribution in [0.15, 0.2) is 47.3 Å². The van der Waals surface area contributed by atoms with Crippen molar-refractivity contribution < 1.29 is 9.18 Å². The first kappa shape index (κ1) is 20.4. The fourth-order valence-electron chi connectivity index (χ4n) is 3.93. The molecule has 4 rings (SSSR count). The summed E-state index contributed by atoms with van der Waals surface area (Å²) >= 11 is 5.95. The summed E-state index contributed by atoms with van der Waals surface area (Å²) in [7, 11) is 0. The van der Waals surface area contributed by atoms with Crippen LogP contribution in [0.25, 0.3) is 10.8 Å². The second kappa shape index (κ2) is 8.48. The molecule has 0 aliphatic carbocycles. The number of pyridine rings is 1. The van der Waals surface area contributed by atoms with Crippen LogP contribution in [0.4, 0.5) is 10.1 Å². The van der Waals surface area contributed by atoms with Crippen molar-refractivity contribution in [1.29, 1.82) is 0 Å². The van der Waals surface area contributed by atoms with Crippen LogP contribution in [0.3, 0.4) is 0 Å². The van der Waals surface area contributed by atoms with Crippen molar-refractivity contribution in [3.05, 3.63) is 74.9 Å². The van der Waals surface area contributed by atoms with Gasteiger partial charge in [0.15, 0.2) is 0 Å². The lowest BCUT2D eigenvalue weighted by atomic mass is 10.0. The largest absolute Gasteiger partial charge is 0.368 e. The van der Waals surface area contributed by atoms with Gasteiger partial charge in [0.25, 0.3) is 5.56 Å². The topological polar surface area (TPSA) is 56.4 Å². The van der Waals surface area contributed by atoms with E-state index in [4.69, 9.17) is 11.6 Å². The van der Waals surface area contributed by atoms with Crippen molar-refractivity contribution in [2.45, 2.75) is 19.8 Å². The van der Waals surface area contributed by atoms with E-state index in [1.165, 1.54) is 6.07 Å². The Morgan fingerprint density at radius 2 is 1.80 bits per heavy atom. The van der Waals surface area contributed by atoms with Gasteiger partial charge in [-0.25, -0.2) is 4.39 Å². The van der Waals surface area contributed by atoms with Gasteiger partial charge in [-0.2, -0.15) is 0 Å². The predicted molar refractivity (Wildman–Crippen MR) is 118 cm³/mol. The Kier molecular flexibility index (Phi) is 5.77. The highest BCUT2D eigenvalue weighted by Crippen LogP contribution is 2.21. The normalized spacial score (nSPS) is 14.4. The average Bonchev–Trinajstić information content (AvgIpc) is 2.75. The Labute approximate surface area is 179 Å². The van der Waals surface area contributed by atoms with Gasteiger partial charge in [-0.3, -0.25) is 9.59 Å². The molecule has 0 radical (unpaired) electrons. The number of halogens is 2. The van der Waals surface area contributed by atoms with E-state index >= 15 is 0 Å². The van der Waals surface area contributed by atoms with Gasteiger partial charge in [-0.05, 0) is 60.7 Å². The van der Waals surface area contributed by atoms with Crippen molar-refractivity contribution >= 4 is 34.0 Å². The highest BCUT2D eigenvalue weighted by Gasteiger charge is 2.21. The van der Waals surface area contributed by atoms with Crippen LogP contribution in [0, 0.1) is 12.7 Å². The minimum absolute atomic E-state index is 0.0580. The molecule has 1 aliphatic heterocycles. The smallest absolute Gasteiger partial charge is 0.259 e. The predicted octanol–water partition coefficient (Wildman–Crippen LogP) is 3.91. The van der Waals surface area contributed by atoms with E-state index < -0.39 is 11.4 Å². The summed E-state index contributed by atoms with van der Waals surface area (Å²) in [5.41, 5.74) is 2.13. The number of hydrogen-bond donors (Lipinski definition) is 1. The van der Waals surface area contributed by atoms with Crippen LogP contribution in [0.1, 0.15) is 17.7 Å². The van der Waals surface area contributed by atoms with E-state index in [1.54, 1.807) is 12.1 Å². The van der Waals surface area contributed by atoms with E-state index in [1.807, 2.05) is 36.1 Å². The molecule has 0 bridgehead atoms. The number of aromatic amines is 1. The van der Waals surface area contributed by atoms with Crippen molar-refractivity contribution in [3.8, 4) is 0 Å². The Hall–Kier alpha value is -2.86. The minimum atomic E-state index is -0.530. The van der Waals surface area contributed by atoms with Crippen LogP contribution in [0.5, 0.6) is 0 Å². The number of aryl methyl sites for hydroxylation is 2. The highest BCUT2D eigenvalue weighted by molar-refractivity contribution is 6.30. The molecular weight excluding hydrogens is 405 g/mol. The molecule has 1 saturated heterocycles. The summed E-state index contributed by atoms with van der Waals surface area (Å²) in [4.78, 5) is 31.8. The fraction of sp³-hybridized carbons (Fsp3) is 0.304. The summed E-state index contributed by atoms with van der Waals surface area (Å²) in [6, 6.07) is 12.5. The SMILES string of the molecule is Cc1ccc(F)c2c(=O)[nH]c(CCC(=O)N3CCN(c4ccc(Cl)cc4)CC3)cc12. The summed E-state index contributed by atoms with van der Waals surface area (Å²) in [6.07, 6.45) is 0.716. The standard InChI is InChI=1S/C23H23ClFN3O2/c1-15-2-8-20(25)22-19(15)14-17(26-23(22)30)5-9-21(29)28-12-10-27(11-13-28)18-6-3-16(24)4-7-18/h2-4,6-8,14H,5,9-13H2,1H3,(H,26,30). The van der Waals surface area contributed by atoms with Gasteiger partial charge in [0, 0.05) is 49.0 Å². The van der Waals surface area contributed by atoms with Crippen LogP contribution in [0.2, 0.25) is 5.02 Å². The Morgan fingerprint density at radius 3 is 2.50 bits per heavy atom. The maximum Gasteiger partial charge on any atom is 0.259 e. The minimum Gasteiger partial charge on any atom is -0.368 e. The van der Waals surface area contributed by atoms with Crippen LogP contribution >= 0.6 is 11.6 Å². The number of carbonyl (C=O) groups excluding carboxylic acids is 1. The van der Waals surface area contributed by atoms with Crippen molar-refractivity contribution in [2.24, 2.45) is 0 Å². The molecule has 3 aromatic rings. The Bertz CT molecular complexity index is 1140. The van der Waals surface area contributed by atoms with E-state index in [0.29, 0.717) is 42.0 Å². The molecule has 1 fully saturated rings. The van der Waals surface area contributed by atoms with Gasteiger partial charge in [0.2, 0.25) is 5.91 Å². The number of hydrogen-bond acceptors (Lipinski definition) is 3. The first-order valence-electron chi connectivity index (χ1n) is 10.0. The third-order valence-corrected chi connectivity index (χ3v) is 5.92. The first-order chi connectivity index (χ1) is 14.4. The Balaban J connectivity index is 1.38. The van der Waals surface area contributed by atoms with Crippen molar-refractivity contribution in [1.82, 2.24) is 9.88 Å². The van der Waals surface area contributed by atoms with Gasteiger partial charge in [-0.1, -0.05) is 17.7 Å². The number of piperazine rings is 1. The lowest BCUT2D eigenvalue weighted by Gasteiger charge is -2.36. The number of rotatable bonds is 4. The summed E-state index contributed by atoms with van der Waals surface area (Å²) < 4.78 is 14.0. The molecular formula is C23H23ClFN3O2. The molecule has 0 saturated carbocycles. The third-order valence-electron chi connectivity index (χ3n) is 5.66. The maximum atomic E-state index is 14.0. The number of benzene rings is 2. The molecule has 1 aromatic heterocycles. The van der Waals surface area contributed by atoms with Gasteiger partial charge < -0.3 is 14.8 Å². The van der Waals surface area contributed by atoms with E-state index in [2.05, 4.69) is 9.88 Å². The van der Waals surface area contributed by atoms with Crippen LogP contribution in [-0.4, -0.2) is 42.0 Å². The number of anilines is 1. The molecule has 0 atom stereocenters. The van der Waals surface area contributed by atoms with E-state index in [0.717, 1.165) is 24.3 Å². The molecule has 2 heterocycles. The molecule has 1 aliphatic rings. The fourth-order valence-corrected chi connectivity index (χ4v) is 4.06. The van der Waals surface area contributed by atoms with Crippen molar-refractivity contribution in [2.75, 3.05) is 31.1 Å². The van der Waals surface area contributed by atoms with Gasteiger partial charge in [-0.15, -0.1) is 0 Å².